The van der Waals surface area contributed by atoms with E-state index < -0.39 is 0 Å². The molecule has 4 nitrogen and oxygen atoms in total. The van der Waals surface area contributed by atoms with E-state index in [1.54, 1.807) is 6.07 Å². The number of fused-ring (bicyclic) bond motifs is 1. The Balaban J connectivity index is 1.36. The number of methoxy groups -OCH3 is 1. The number of rotatable bonds is 9. The third-order valence-corrected chi connectivity index (χ3v) is 9.57. The number of halogens is 3. The fourth-order valence-corrected chi connectivity index (χ4v) is 7.34. The molecule has 2 aliphatic carbocycles. The largest absolute Gasteiger partial charge is 0.489 e. The Hall–Kier alpha value is -3.38. The van der Waals surface area contributed by atoms with E-state index >= 15 is 0 Å². The van der Waals surface area contributed by atoms with Gasteiger partial charge in [-0.25, -0.2) is 4.79 Å². The van der Waals surface area contributed by atoms with Gasteiger partial charge in [0.2, 0.25) is 0 Å². The first-order valence-corrected chi connectivity index (χ1v) is 16.6. The smallest absolute Gasteiger partial charge is 0.337 e. The average Bonchev–Trinajstić information content (AvgIpc) is 3.42. The molecular weight excluding hydrogens is 608 g/mol. The summed E-state index contributed by atoms with van der Waals surface area (Å²) >= 11 is 13.3. The predicted octanol–water partition coefficient (Wildman–Crippen LogP) is 9.15. The van der Waals surface area contributed by atoms with E-state index in [2.05, 4.69) is 53.4 Å². The van der Waals surface area contributed by atoms with Gasteiger partial charge in [-0.15, -0.1) is 11.6 Å². The minimum atomic E-state index is -0.346. The van der Waals surface area contributed by atoms with E-state index in [-0.39, 0.29) is 24.1 Å². The topological polar surface area (TPSA) is 38.8 Å². The third kappa shape index (κ3) is 7.22. The number of likely N-dealkylation sites (tertiary alicyclic amines) is 1. The van der Waals surface area contributed by atoms with Crippen LogP contribution in [0, 0.1) is 0 Å². The van der Waals surface area contributed by atoms with Crippen molar-refractivity contribution in [2.24, 2.45) is 0 Å². The lowest BCUT2D eigenvalue weighted by Crippen LogP contribution is -2.26. The zero-order valence-corrected chi connectivity index (χ0v) is 27.0. The summed E-state index contributed by atoms with van der Waals surface area (Å²) in [6.45, 7) is 2.27. The molecule has 1 heterocycles. The Morgan fingerprint density at radius 3 is 2.60 bits per heavy atom. The zero-order chi connectivity index (χ0) is 31.3. The molecule has 7 heteroatoms. The summed E-state index contributed by atoms with van der Waals surface area (Å²) in [7, 11) is 1.40. The molecule has 1 fully saturated rings. The number of hydrogen-bond acceptors (Lipinski definition) is 4. The molecule has 0 N–H and O–H groups in total. The van der Waals surface area contributed by atoms with Crippen molar-refractivity contribution >= 4 is 34.7 Å². The number of nitrogens with zero attached hydrogens (tertiary/aromatic N) is 1. The molecule has 3 aromatic rings. The van der Waals surface area contributed by atoms with Gasteiger partial charge < -0.3 is 9.47 Å². The van der Waals surface area contributed by atoms with Gasteiger partial charge in [-0.3, -0.25) is 9.29 Å². The van der Waals surface area contributed by atoms with Gasteiger partial charge in [0.1, 0.15) is 11.9 Å². The number of alkyl halides is 2. The molecular formula is C38H38Cl2FNO3. The Labute approximate surface area is 275 Å². The van der Waals surface area contributed by atoms with Gasteiger partial charge in [-0.05, 0) is 101 Å². The molecule has 3 aliphatic rings. The van der Waals surface area contributed by atoms with Crippen LogP contribution < -0.4 is 4.74 Å². The number of benzene rings is 3. The summed E-state index contributed by atoms with van der Waals surface area (Å²) in [6.07, 6.45) is 9.14. The number of allylic oxidation sites excluding steroid dienone is 5. The lowest BCUT2D eigenvalue weighted by atomic mass is 9.85. The van der Waals surface area contributed by atoms with Crippen molar-refractivity contribution in [1.82, 2.24) is 4.90 Å². The normalized spacial score (nSPS) is 20.3. The van der Waals surface area contributed by atoms with Gasteiger partial charge in [-0.1, -0.05) is 66.2 Å². The first-order valence-electron chi connectivity index (χ1n) is 15.8. The molecule has 3 aromatic carbocycles. The number of esters is 1. The summed E-state index contributed by atoms with van der Waals surface area (Å²) in [6, 6.07) is 22.6. The quantitative estimate of drug-likeness (QED) is 0.172. The molecule has 0 radical (unpaired) electrons. The molecule has 1 saturated heterocycles. The lowest BCUT2D eigenvalue weighted by Gasteiger charge is -2.22. The van der Waals surface area contributed by atoms with E-state index in [0.717, 1.165) is 78.4 Å². The molecule has 2 atom stereocenters. The Kier molecular flexibility index (Phi) is 10.1. The number of aryl methyl sites for hydroxylation is 1. The molecule has 0 spiro atoms. The van der Waals surface area contributed by atoms with Crippen LogP contribution in [0.15, 0.2) is 95.1 Å². The Morgan fingerprint density at radius 2 is 1.82 bits per heavy atom. The molecule has 1 aliphatic heterocycles. The number of carbonyl (C=O) groups is 1. The van der Waals surface area contributed by atoms with Crippen LogP contribution in [-0.2, 0) is 11.2 Å². The average molecular weight is 647 g/mol. The highest BCUT2D eigenvalue weighted by Crippen LogP contribution is 2.43. The van der Waals surface area contributed by atoms with Crippen molar-refractivity contribution < 1.29 is 18.7 Å². The van der Waals surface area contributed by atoms with Gasteiger partial charge in [0.15, 0.2) is 0 Å². The van der Waals surface area contributed by atoms with Crippen molar-refractivity contribution in [1.29, 1.82) is 0 Å². The van der Waals surface area contributed by atoms with Crippen molar-refractivity contribution in [3.05, 3.63) is 117 Å². The van der Waals surface area contributed by atoms with Crippen molar-refractivity contribution in [3.63, 3.8) is 0 Å². The molecule has 0 amide bonds. The van der Waals surface area contributed by atoms with E-state index in [9.17, 15) is 9.18 Å². The van der Waals surface area contributed by atoms with Gasteiger partial charge in [0.05, 0.1) is 24.7 Å². The van der Waals surface area contributed by atoms with Crippen molar-refractivity contribution in [3.8, 4) is 16.9 Å². The summed E-state index contributed by atoms with van der Waals surface area (Å²) in [5.74, 6) is 0.494. The zero-order valence-electron chi connectivity index (χ0n) is 25.5. The van der Waals surface area contributed by atoms with E-state index in [1.807, 2.05) is 24.3 Å². The van der Waals surface area contributed by atoms with Gasteiger partial charge in [0.25, 0.3) is 0 Å². The molecule has 234 valence electrons. The minimum Gasteiger partial charge on any atom is -0.489 e. The highest BCUT2D eigenvalue weighted by molar-refractivity contribution is 6.32. The van der Waals surface area contributed by atoms with Crippen LogP contribution in [0.5, 0.6) is 5.75 Å². The maximum absolute atomic E-state index is 12.6. The van der Waals surface area contributed by atoms with Crippen molar-refractivity contribution in [2.45, 2.75) is 50.0 Å². The number of hydrogen-bond donors (Lipinski definition) is 0. The second-order valence-electron chi connectivity index (χ2n) is 11.9. The summed E-state index contributed by atoms with van der Waals surface area (Å²) < 4.78 is 23.9. The molecule has 0 bridgehead atoms. The maximum Gasteiger partial charge on any atom is 0.337 e. The summed E-state index contributed by atoms with van der Waals surface area (Å²) in [5, 5.41) is 0.690. The van der Waals surface area contributed by atoms with Crippen LogP contribution >= 0.6 is 23.2 Å². The Morgan fingerprint density at radius 1 is 1.02 bits per heavy atom. The molecule has 1 unspecified atom stereocenters. The van der Waals surface area contributed by atoms with Crippen LogP contribution in [0.4, 0.5) is 4.39 Å². The van der Waals surface area contributed by atoms with E-state index in [0.29, 0.717) is 18.4 Å². The highest BCUT2D eigenvalue weighted by atomic mass is 35.5. The van der Waals surface area contributed by atoms with Crippen molar-refractivity contribution in [2.75, 3.05) is 33.4 Å². The van der Waals surface area contributed by atoms with E-state index in [4.69, 9.17) is 32.7 Å². The number of carbonyl (C=O) groups excluding carboxylic acids is 1. The highest BCUT2D eigenvalue weighted by Gasteiger charge is 2.26. The first kappa shape index (κ1) is 31.6. The molecule has 0 aromatic heterocycles. The standard InChI is InChI=1S/C38H38Cl2FNO3/c1-44-38(43)29-7-2-5-26(22-29)27-11-15-33-28(21-27)6-3-8-35(34-16-12-30(39)23-36(34)40)37(33)25-9-13-31(14-10-25)45-32-17-20-42(24-32)19-4-18-41/h2,5,7,9-16,21-22,30,32H,3-4,6,8,17-20,23-24H2,1H3/t30?,32-/m0/s1. The number of ether oxygens (including phenoxy) is 2. The van der Waals surface area contributed by atoms with Gasteiger partial charge >= 0.3 is 5.97 Å². The second-order valence-corrected chi connectivity index (χ2v) is 13.0. The van der Waals surface area contributed by atoms with Crippen LogP contribution in [0.2, 0.25) is 0 Å². The fourth-order valence-electron chi connectivity index (χ4n) is 6.69. The van der Waals surface area contributed by atoms with Crippen LogP contribution in [-0.4, -0.2) is 55.8 Å². The van der Waals surface area contributed by atoms with Gasteiger partial charge in [-0.2, -0.15) is 0 Å². The lowest BCUT2D eigenvalue weighted by molar-refractivity contribution is 0.0600. The van der Waals surface area contributed by atoms with Crippen LogP contribution in [0.3, 0.4) is 0 Å². The first-order chi connectivity index (χ1) is 21.9. The monoisotopic (exact) mass is 645 g/mol. The second kappa shape index (κ2) is 14.4. The SMILES string of the molecule is COC(=O)c1cccc(-c2ccc3c(c2)CCCC(C2=C(Cl)CC(Cl)C=C2)=C3c2ccc(O[C@H]3CCN(CCCF)C3)cc2)c1. The summed E-state index contributed by atoms with van der Waals surface area (Å²) in [5.41, 5.74) is 9.57. The van der Waals surface area contributed by atoms with E-state index in [1.165, 1.54) is 29.4 Å². The summed E-state index contributed by atoms with van der Waals surface area (Å²) in [4.78, 5) is 14.5. The third-order valence-electron chi connectivity index (χ3n) is 8.91. The Bertz CT molecular complexity index is 1640. The molecule has 6 rings (SSSR count). The molecule has 45 heavy (non-hydrogen) atoms. The minimum absolute atomic E-state index is 0.105. The van der Waals surface area contributed by atoms with Crippen LogP contribution in [0.1, 0.15) is 59.2 Å². The fraction of sp³-hybridized carbons (Fsp3) is 0.342. The predicted molar refractivity (Wildman–Crippen MR) is 181 cm³/mol. The van der Waals surface area contributed by atoms with Crippen LogP contribution in [0.25, 0.3) is 16.7 Å². The maximum atomic E-state index is 12.6. The molecule has 0 saturated carbocycles. The van der Waals surface area contributed by atoms with Gasteiger partial charge in [0, 0.05) is 31.1 Å².